The third-order valence-corrected chi connectivity index (χ3v) is 3.40. The van der Waals surface area contributed by atoms with Crippen molar-refractivity contribution < 1.29 is 23.0 Å². The van der Waals surface area contributed by atoms with E-state index in [1.54, 1.807) is 19.1 Å². The van der Waals surface area contributed by atoms with E-state index in [9.17, 15) is 13.6 Å². The standard InChI is InChI=1S/C15H16F2N2O3S/c1-3-19-13(20)10(18-15(19)23)7-9-5-6-11(22-14(16)17)12(8-9)21-4-2/h5-8,14H,3-4H2,1-2H3,(H,18,23). The quantitative estimate of drug-likeness (QED) is 0.636. The molecule has 0 aromatic heterocycles. The van der Waals surface area contributed by atoms with Crippen molar-refractivity contribution in [1.29, 1.82) is 0 Å². The maximum Gasteiger partial charge on any atom is 0.387 e. The normalized spacial score (nSPS) is 16.2. The number of rotatable bonds is 6. The molecule has 0 radical (unpaired) electrons. The number of nitrogens with zero attached hydrogens (tertiary/aromatic N) is 1. The number of benzene rings is 1. The molecule has 5 nitrogen and oxygen atoms in total. The molecule has 1 aromatic rings. The van der Waals surface area contributed by atoms with Gasteiger partial charge >= 0.3 is 6.61 Å². The second kappa shape index (κ2) is 7.36. The molecule has 0 bridgehead atoms. The fourth-order valence-corrected chi connectivity index (χ4v) is 2.42. The molecule has 0 atom stereocenters. The number of alkyl halides is 2. The van der Waals surface area contributed by atoms with Crippen molar-refractivity contribution in [3.05, 3.63) is 29.5 Å². The molecule has 23 heavy (non-hydrogen) atoms. The number of hydrogen-bond donors (Lipinski definition) is 1. The summed E-state index contributed by atoms with van der Waals surface area (Å²) in [4.78, 5) is 13.6. The van der Waals surface area contributed by atoms with Gasteiger partial charge in [-0.2, -0.15) is 8.78 Å². The molecule has 1 amide bonds. The molecule has 1 fully saturated rings. The Morgan fingerprint density at radius 3 is 2.65 bits per heavy atom. The fourth-order valence-electron chi connectivity index (χ4n) is 2.10. The van der Waals surface area contributed by atoms with Gasteiger partial charge in [-0.15, -0.1) is 0 Å². The Morgan fingerprint density at radius 1 is 1.35 bits per heavy atom. The van der Waals surface area contributed by atoms with Gasteiger partial charge in [-0.1, -0.05) is 6.07 Å². The zero-order chi connectivity index (χ0) is 17.0. The van der Waals surface area contributed by atoms with Crippen molar-refractivity contribution >= 4 is 29.3 Å². The van der Waals surface area contributed by atoms with Crippen molar-refractivity contribution in [3.8, 4) is 11.5 Å². The second-order valence-electron chi connectivity index (χ2n) is 4.56. The van der Waals surface area contributed by atoms with E-state index in [2.05, 4.69) is 10.1 Å². The van der Waals surface area contributed by atoms with E-state index in [0.29, 0.717) is 29.5 Å². The summed E-state index contributed by atoms with van der Waals surface area (Å²) in [6.07, 6.45) is 1.58. The number of carbonyl (C=O) groups excluding carboxylic acids is 1. The van der Waals surface area contributed by atoms with Crippen LogP contribution in [-0.4, -0.2) is 35.7 Å². The summed E-state index contributed by atoms with van der Waals surface area (Å²) >= 11 is 5.07. The second-order valence-corrected chi connectivity index (χ2v) is 4.94. The Bertz CT molecular complexity index is 650. The number of carbonyl (C=O) groups is 1. The summed E-state index contributed by atoms with van der Waals surface area (Å²) in [6.45, 7) is 1.37. The van der Waals surface area contributed by atoms with E-state index in [4.69, 9.17) is 17.0 Å². The Balaban J connectivity index is 2.30. The maximum atomic E-state index is 12.4. The van der Waals surface area contributed by atoms with Gasteiger partial charge in [0.1, 0.15) is 5.70 Å². The van der Waals surface area contributed by atoms with E-state index < -0.39 is 6.61 Å². The molecule has 1 aliphatic heterocycles. The first-order chi connectivity index (χ1) is 11.0. The van der Waals surface area contributed by atoms with Gasteiger partial charge in [0.15, 0.2) is 16.6 Å². The monoisotopic (exact) mass is 342 g/mol. The molecule has 1 N–H and O–H groups in total. The van der Waals surface area contributed by atoms with Crippen LogP contribution >= 0.6 is 12.2 Å². The highest BCUT2D eigenvalue weighted by Gasteiger charge is 2.29. The third-order valence-electron chi connectivity index (χ3n) is 3.07. The Labute approximate surface area is 137 Å². The zero-order valence-electron chi connectivity index (χ0n) is 12.6. The summed E-state index contributed by atoms with van der Waals surface area (Å²) in [7, 11) is 0. The van der Waals surface area contributed by atoms with Crippen molar-refractivity contribution in [1.82, 2.24) is 10.2 Å². The van der Waals surface area contributed by atoms with Crippen LogP contribution in [0.3, 0.4) is 0 Å². The van der Waals surface area contributed by atoms with Crippen LogP contribution in [0.4, 0.5) is 8.78 Å². The summed E-state index contributed by atoms with van der Waals surface area (Å²) in [5, 5.41) is 3.17. The van der Waals surface area contributed by atoms with Gasteiger partial charge in [-0.3, -0.25) is 9.69 Å². The number of thiocarbonyl (C=S) groups is 1. The molecular weight excluding hydrogens is 326 g/mol. The van der Waals surface area contributed by atoms with Crippen LogP contribution in [0.15, 0.2) is 23.9 Å². The maximum absolute atomic E-state index is 12.4. The van der Waals surface area contributed by atoms with Crippen LogP contribution in [0.1, 0.15) is 19.4 Å². The first-order valence-corrected chi connectivity index (χ1v) is 7.43. The van der Waals surface area contributed by atoms with Crippen LogP contribution in [0.25, 0.3) is 6.08 Å². The van der Waals surface area contributed by atoms with Crippen molar-refractivity contribution in [2.24, 2.45) is 0 Å². The molecule has 1 aromatic carbocycles. The van der Waals surface area contributed by atoms with Crippen LogP contribution in [-0.2, 0) is 4.79 Å². The lowest BCUT2D eigenvalue weighted by Crippen LogP contribution is -2.30. The molecule has 8 heteroatoms. The first kappa shape index (κ1) is 17.1. The van der Waals surface area contributed by atoms with Crippen molar-refractivity contribution in [2.45, 2.75) is 20.5 Å². The van der Waals surface area contributed by atoms with Gasteiger partial charge < -0.3 is 14.8 Å². The molecule has 1 heterocycles. The number of likely N-dealkylation sites (N-methyl/N-ethyl adjacent to an activating group) is 1. The van der Waals surface area contributed by atoms with Gasteiger partial charge in [-0.05, 0) is 49.8 Å². The highest BCUT2D eigenvalue weighted by Crippen LogP contribution is 2.30. The van der Waals surface area contributed by atoms with E-state index in [-0.39, 0.29) is 17.4 Å². The minimum absolute atomic E-state index is 0.0552. The molecule has 124 valence electrons. The molecule has 2 rings (SSSR count). The van der Waals surface area contributed by atoms with E-state index in [1.165, 1.54) is 17.0 Å². The lowest BCUT2D eigenvalue weighted by Gasteiger charge is -2.12. The molecular formula is C15H16F2N2O3S. The topological polar surface area (TPSA) is 50.8 Å². The molecule has 0 aliphatic carbocycles. The van der Waals surface area contributed by atoms with E-state index in [0.717, 1.165) is 0 Å². The predicted octanol–water partition coefficient (Wildman–Crippen LogP) is 2.76. The summed E-state index contributed by atoms with van der Waals surface area (Å²) in [5.41, 5.74) is 0.925. The van der Waals surface area contributed by atoms with E-state index >= 15 is 0 Å². The Hall–Kier alpha value is -2.22. The fraction of sp³-hybridized carbons (Fsp3) is 0.333. The summed E-state index contributed by atoms with van der Waals surface area (Å²) in [5.74, 6) is -0.105. The molecule has 0 saturated carbocycles. The predicted molar refractivity (Wildman–Crippen MR) is 85.3 cm³/mol. The third kappa shape index (κ3) is 3.95. The van der Waals surface area contributed by atoms with Crippen molar-refractivity contribution in [3.63, 3.8) is 0 Å². The van der Waals surface area contributed by atoms with Crippen LogP contribution in [0.5, 0.6) is 11.5 Å². The number of amides is 1. The number of nitrogens with one attached hydrogen (secondary N) is 1. The minimum atomic E-state index is -2.94. The van der Waals surface area contributed by atoms with Crippen LogP contribution in [0, 0.1) is 0 Å². The minimum Gasteiger partial charge on any atom is -0.490 e. The van der Waals surface area contributed by atoms with Crippen LogP contribution in [0.2, 0.25) is 0 Å². The zero-order valence-corrected chi connectivity index (χ0v) is 13.5. The SMILES string of the molecule is CCOc1cc(C=C2NC(=S)N(CC)C2=O)ccc1OC(F)F. The first-order valence-electron chi connectivity index (χ1n) is 7.02. The number of hydrogen-bond acceptors (Lipinski definition) is 4. The van der Waals surface area contributed by atoms with Gasteiger partial charge in [0.25, 0.3) is 5.91 Å². The largest absolute Gasteiger partial charge is 0.490 e. The van der Waals surface area contributed by atoms with Gasteiger partial charge in [0.2, 0.25) is 0 Å². The average Bonchev–Trinajstić information content (AvgIpc) is 2.75. The average molecular weight is 342 g/mol. The molecule has 0 unspecified atom stereocenters. The highest BCUT2D eigenvalue weighted by molar-refractivity contribution is 7.80. The van der Waals surface area contributed by atoms with Crippen LogP contribution < -0.4 is 14.8 Å². The number of halogens is 2. The lowest BCUT2D eigenvalue weighted by atomic mass is 10.1. The molecule has 1 aliphatic rings. The van der Waals surface area contributed by atoms with Gasteiger partial charge in [0, 0.05) is 6.54 Å². The lowest BCUT2D eigenvalue weighted by molar-refractivity contribution is -0.122. The van der Waals surface area contributed by atoms with Gasteiger partial charge in [0.05, 0.1) is 6.61 Å². The Kier molecular flexibility index (Phi) is 5.49. The summed E-state index contributed by atoms with van der Waals surface area (Å²) in [6, 6.07) is 4.46. The molecule has 1 saturated heterocycles. The highest BCUT2D eigenvalue weighted by atomic mass is 32.1. The van der Waals surface area contributed by atoms with Gasteiger partial charge in [-0.25, -0.2) is 0 Å². The van der Waals surface area contributed by atoms with E-state index in [1.807, 2.05) is 6.92 Å². The van der Waals surface area contributed by atoms with Crippen molar-refractivity contribution in [2.75, 3.05) is 13.2 Å². The summed E-state index contributed by atoms with van der Waals surface area (Å²) < 4.78 is 34.5. The smallest absolute Gasteiger partial charge is 0.387 e. The number of ether oxygens (including phenoxy) is 2. The Morgan fingerprint density at radius 2 is 2.09 bits per heavy atom. The molecule has 0 spiro atoms.